The van der Waals surface area contributed by atoms with Crippen molar-refractivity contribution in [2.45, 2.75) is 31.9 Å². The molecule has 1 aromatic heterocycles. The number of ketones is 1. The van der Waals surface area contributed by atoms with Crippen molar-refractivity contribution in [2.75, 3.05) is 5.73 Å². The van der Waals surface area contributed by atoms with Crippen molar-refractivity contribution >= 4 is 22.4 Å². The molecule has 0 unspecified atom stereocenters. The predicted molar refractivity (Wildman–Crippen MR) is 125 cm³/mol. The van der Waals surface area contributed by atoms with Crippen LogP contribution < -0.4 is 5.73 Å². The molecule has 0 amide bonds. The van der Waals surface area contributed by atoms with E-state index in [9.17, 15) is 18.0 Å². The Hall–Kier alpha value is -3.67. The number of nitrogens with two attached hydrogens (primary N) is 1. The summed E-state index contributed by atoms with van der Waals surface area (Å²) in [5.41, 5.74) is 8.06. The third-order valence-electron chi connectivity index (χ3n) is 5.83. The van der Waals surface area contributed by atoms with Gasteiger partial charge in [0, 0.05) is 17.7 Å². The minimum absolute atomic E-state index is 0.0348. The van der Waals surface area contributed by atoms with E-state index >= 15 is 0 Å². The highest BCUT2D eigenvalue weighted by Gasteiger charge is 2.30. The van der Waals surface area contributed by atoms with Crippen LogP contribution in [0.25, 0.3) is 21.9 Å². The molecule has 0 aliphatic rings. The first-order valence-corrected chi connectivity index (χ1v) is 10.7. The van der Waals surface area contributed by atoms with Gasteiger partial charge in [0.05, 0.1) is 5.56 Å². The van der Waals surface area contributed by atoms with Gasteiger partial charge in [-0.2, -0.15) is 13.2 Å². The number of pyridine rings is 1. The second-order valence-corrected chi connectivity index (χ2v) is 8.17. The molecule has 3 nitrogen and oxygen atoms in total. The maximum absolute atomic E-state index is 12.9. The summed E-state index contributed by atoms with van der Waals surface area (Å²) in [5, 5.41) is 1.75. The predicted octanol–water partition coefficient (Wildman–Crippen LogP) is 7.27. The van der Waals surface area contributed by atoms with Crippen LogP contribution in [0.2, 0.25) is 0 Å². The molecule has 6 heteroatoms. The van der Waals surface area contributed by atoms with E-state index in [2.05, 4.69) is 4.98 Å². The summed E-state index contributed by atoms with van der Waals surface area (Å²) in [4.78, 5) is 17.2. The number of carbonyl (C=O) groups is 1. The van der Waals surface area contributed by atoms with Gasteiger partial charge in [0.25, 0.3) is 0 Å². The van der Waals surface area contributed by atoms with Crippen LogP contribution in [0.15, 0.2) is 78.9 Å². The lowest BCUT2D eigenvalue weighted by atomic mass is 9.93. The lowest BCUT2D eigenvalue weighted by Gasteiger charge is -2.12. The highest BCUT2D eigenvalue weighted by atomic mass is 19.4. The van der Waals surface area contributed by atoms with Crippen LogP contribution in [0, 0.1) is 0 Å². The van der Waals surface area contributed by atoms with Crippen molar-refractivity contribution in [3.8, 4) is 11.1 Å². The molecule has 0 aliphatic carbocycles. The number of Topliss-reactive ketones (excluding diaryl/α,β-unsaturated/α-hetero) is 1. The molecule has 33 heavy (non-hydrogen) atoms. The van der Waals surface area contributed by atoms with Gasteiger partial charge >= 0.3 is 6.18 Å². The van der Waals surface area contributed by atoms with Crippen LogP contribution in [0.3, 0.4) is 0 Å². The highest BCUT2D eigenvalue weighted by molar-refractivity contribution is 6.03. The smallest absolute Gasteiger partial charge is 0.384 e. The number of anilines is 1. The molecule has 0 spiro atoms. The second kappa shape index (κ2) is 9.06. The molecular formula is C27H23F3N2O. The Morgan fingerprint density at radius 1 is 0.970 bits per heavy atom. The Morgan fingerprint density at radius 2 is 1.70 bits per heavy atom. The molecule has 0 saturated heterocycles. The molecule has 4 rings (SSSR count). The van der Waals surface area contributed by atoms with E-state index in [1.807, 2.05) is 49.4 Å². The molecule has 0 fully saturated rings. The molecule has 1 heterocycles. The largest absolute Gasteiger partial charge is 0.416 e. The summed E-state index contributed by atoms with van der Waals surface area (Å²) >= 11 is 0. The fourth-order valence-electron chi connectivity index (χ4n) is 3.93. The zero-order chi connectivity index (χ0) is 23.6. The number of nitrogens with zero attached hydrogens (tertiary/aromatic N) is 1. The molecule has 3 aromatic carbocycles. The number of hydrogen-bond acceptors (Lipinski definition) is 3. The van der Waals surface area contributed by atoms with Crippen LogP contribution in [-0.4, -0.2) is 10.8 Å². The van der Waals surface area contributed by atoms with Crippen molar-refractivity contribution < 1.29 is 18.0 Å². The zero-order valence-electron chi connectivity index (χ0n) is 18.1. The maximum Gasteiger partial charge on any atom is 0.416 e. The molecule has 4 aromatic rings. The van der Waals surface area contributed by atoms with Gasteiger partial charge in [0.1, 0.15) is 5.82 Å². The third-order valence-corrected chi connectivity index (χ3v) is 5.83. The van der Waals surface area contributed by atoms with Crippen LogP contribution in [0.5, 0.6) is 0 Å². The van der Waals surface area contributed by atoms with Crippen LogP contribution in [0.1, 0.15) is 47.3 Å². The summed E-state index contributed by atoms with van der Waals surface area (Å²) in [7, 11) is 0. The minimum atomic E-state index is -4.37. The van der Waals surface area contributed by atoms with Crippen LogP contribution >= 0.6 is 0 Å². The average Bonchev–Trinajstić information content (AvgIpc) is 2.81. The van der Waals surface area contributed by atoms with Crippen LogP contribution in [-0.2, 0) is 6.18 Å². The molecule has 168 valence electrons. The number of benzene rings is 3. The number of hydrogen-bond donors (Lipinski definition) is 1. The molecule has 0 bridgehead atoms. The Balaban J connectivity index is 1.53. The van der Waals surface area contributed by atoms with Crippen LogP contribution in [0.4, 0.5) is 19.0 Å². The number of carbonyl (C=O) groups excluding carboxylic acids is 1. The normalized spacial score (nSPS) is 12.6. The lowest BCUT2D eigenvalue weighted by Crippen LogP contribution is -2.05. The zero-order valence-corrected chi connectivity index (χ0v) is 18.1. The van der Waals surface area contributed by atoms with E-state index < -0.39 is 11.7 Å². The topological polar surface area (TPSA) is 56.0 Å². The molecule has 0 radical (unpaired) electrons. The van der Waals surface area contributed by atoms with E-state index in [0.29, 0.717) is 29.8 Å². The quantitative estimate of drug-likeness (QED) is 0.316. The van der Waals surface area contributed by atoms with Gasteiger partial charge in [-0.1, -0.05) is 55.5 Å². The Kier molecular flexibility index (Phi) is 6.18. The Bertz CT molecular complexity index is 1300. The summed E-state index contributed by atoms with van der Waals surface area (Å²) < 4.78 is 38.6. The van der Waals surface area contributed by atoms with Gasteiger partial charge < -0.3 is 5.73 Å². The van der Waals surface area contributed by atoms with E-state index in [1.165, 1.54) is 12.1 Å². The monoisotopic (exact) mass is 448 g/mol. The van der Waals surface area contributed by atoms with Crippen molar-refractivity contribution in [3.63, 3.8) is 0 Å². The minimum Gasteiger partial charge on any atom is -0.384 e. The van der Waals surface area contributed by atoms with Gasteiger partial charge in [-0.25, -0.2) is 4.98 Å². The van der Waals surface area contributed by atoms with E-state index in [1.54, 1.807) is 12.1 Å². The fraction of sp³-hybridized carbons (Fsp3) is 0.185. The van der Waals surface area contributed by atoms with Gasteiger partial charge in [0.15, 0.2) is 5.78 Å². The number of fused-ring (bicyclic) bond motifs is 1. The molecule has 2 N–H and O–H groups in total. The first-order valence-electron chi connectivity index (χ1n) is 10.7. The SMILES string of the molecule is C[C@@H](CCC(=O)c1ccc2c(-c3ccc(C(F)(F)F)cc3)cccc2c1)c1cccc(N)n1. The molecule has 0 aliphatic heterocycles. The Morgan fingerprint density at radius 3 is 2.39 bits per heavy atom. The van der Waals surface area contributed by atoms with E-state index in [4.69, 9.17) is 5.73 Å². The van der Waals surface area contributed by atoms with Gasteiger partial charge in [-0.05, 0) is 64.6 Å². The summed E-state index contributed by atoms with van der Waals surface area (Å²) in [6, 6.07) is 21.7. The molecular weight excluding hydrogens is 425 g/mol. The highest BCUT2D eigenvalue weighted by Crippen LogP contribution is 2.34. The van der Waals surface area contributed by atoms with Gasteiger partial charge in [-0.15, -0.1) is 0 Å². The Labute approximate surface area is 190 Å². The summed E-state index contributed by atoms with van der Waals surface area (Å²) in [6.45, 7) is 2.02. The first-order chi connectivity index (χ1) is 15.7. The fourth-order valence-corrected chi connectivity index (χ4v) is 3.93. The van der Waals surface area contributed by atoms with Crippen molar-refractivity contribution in [3.05, 3.63) is 95.7 Å². The van der Waals surface area contributed by atoms with Gasteiger partial charge in [0.2, 0.25) is 0 Å². The number of rotatable bonds is 6. The number of aromatic nitrogens is 1. The van der Waals surface area contributed by atoms with Gasteiger partial charge in [-0.3, -0.25) is 4.79 Å². The first kappa shape index (κ1) is 22.5. The third kappa shape index (κ3) is 5.06. The maximum atomic E-state index is 12.9. The van der Waals surface area contributed by atoms with E-state index in [0.717, 1.165) is 34.2 Å². The lowest BCUT2D eigenvalue weighted by molar-refractivity contribution is -0.137. The van der Waals surface area contributed by atoms with Crippen molar-refractivity contribution in [1.82, 2.24) is 4.98 Å². The number of nitrogen functional groups attached to an aromatic ring is 1. The summed E-state index contributed by atoms with van der Waals surface area (Å²) in [6.07, 6.45) is -3.34. The summed E-state index contributed by atoms with van der Waals surface area (Å²) in [5.74, 6) is 0.598. The number of halogens is 3. The van der Waals surface area contributed by atoms with E-state index in [-0.39, 0.29) is 11.7 Å². The molecule has 0 saturated carbocycles. The van der Waals surface area contributed by atoms with Crippen molar-refractivity contribution in [1.29, 1.82) is 0 Å². The standard InChI is InChI=1S/C27H23F3N2O/c1-17(24-6-3-7-26(31)32-24)8-15-25(33)20-11-14-23-19(16-20)4-2-5-22(23)18-9-12-21(13-10-18)27(28,29)30/h2-7,9-14,16-17H,8,15H2,1H3,(H2,31,32)/t17-/m0/s1. The second-order valence-electron chi connectivity index (χ2n) is 8.17. The molecule has 1 atom stereocenters. The average molecular weight is 448 g/mol. The number of alkyl halides is 3. The van der Waals surface area contributed by atoms with Crippen molar-refractivity contribution in [2.24, 2.45) is 0 Å².